The quantitative estimate of drug-likeness (QED) is 0.788. The van der Waals surface area contributed by atoms with Crippen molar-refractivity contribution in [3.05, 3.63) is 53.1 Å². The van der Waals surface area contributed by atoms with E-state index in [9.17, 15) is 14.4 Å². The molecule has 2 aromatic rings. The number of anilines is 3. The molecule has 0 unspecified atom stereocenters. The van der Waals surface area contributed by atoms with Crippen molar-refractivity contribution >= 4 is 34.8 Å². The number of hydrogen-bond donors (Lipinski definition) is 3. The van der Waals surface area contributed by atoms with E-state index in [0.29, 0.717) is 22.5 Å². The molecule has 0 fully saturated rings. The number of rotatable bonds is 3. The van der Waals surface area contributed by atoms with Gasteiger partial charge in [-0.15, -0.1) is 0 Å². The second-order valence-corrected chi connectivity index (χ2v) is 6.17. The summed E-state index contributed by atoms with van der Waals surface area (Å²) in [6, 6.07) is 10.4. The number of likely N-dealkylation sites (N-methyl/N-ethyl adjacent to an activating group) is 1. The molecular formula is C19H20N4O3. The highest BCUT2D eigenvalue weighted by Gasteiger charge is 2.21. The third-order valence-corrected chi connectivity index (χ3v) is 4.30. The summed E-state index contributed by atoms with van der Waals surface area (Å²) in [4.78, 5) is 38.3. The van der Waals surface area contributed by atoms with Crippen LogP contribution in [0.2, 0.25) is 0 Å². The Kier molecular flexibility index (Phi) is 4.62. The molecule has 1 heterocycles. The van der Waals surface area contributed by atoms with Crippen LogP contribution in [-0.4, -0.2) is 38.4 Å². The predicted molar refractivity (Wildman–Crippen MR) is 101 cm³/mol. The van der Waals surface area contributed by atoms with Crippen molar-refractivity contribution in [3.8, 4) is 0 Å². The maximum Gasteiger partial charge on any atom is 0.255 e. The molecule has 0 bridgehead atoms. The summed E-state index contributed by atoms with van der Waals surface area (Å²) >= 11 is 0. The second kappa shape index (κ2) is 6.87. The second-order valence-electron chi connectivity index (χ2n) is 6.17. The number of aryl methyl sites for hydroxylation is 1. The molecule has 0 atom stereocenters. The van der Waals surface area contributed by atoms with E-state index in [-0.39, 0.29) is 24.3 Å². The van der Waals surface area contributed by atoms with Crippen LogP contribution in [0.3, 0.4) is 0 Å². The van der Waals surface area contributed by atoms with Crippen molar-refractivity contribution in [3.63, 3.8) is 0 Å². The number of hydrogen-bond acceptors (Lipinski definition) is 4. The highest BCUT2D eigenvalue weighted by Crippen LogP contribution is 2.30. The average molecular weight is 352 g/mol. The first kappa shape index (κ1) is 17.5. The molecule has 0 spiro atoms. The van der Waals surface area contributed by atoms with E-state index in [2.05, 4.69) is 16.0 Å². The van der Waals surface area contributed by atoms with E-state index in [0.717, 1.165) is 11.3 Å². The molecule has 7 nitrogen and oxygen atoms in total. The Morgan fingerprint density at radius 3 is 2.65 bits per heavy atom. The minimum Gasteiger partial charge on any atom is -0.364 e. The SMILES string of the molecule is CNC(=O)c1c(C)cccc1NC(=O)c1ccc2c(c1)NC(=O)CN2C. The Hall–Kier alpha value is -3.35. The molecule has 26 heavy (non-hydrogen) atoms. The summed E-state index contributed by atoms with van der Waals surface area (Å²) in [5, 5.41) is 8.14. The lowest BCUT2D eigenvalue weighted by molar-refractivity contribution is -0.115. The van der Waals surface area contributed by atoms with Crippen molar-refractivity contribution in [2.45, 2.75) is 6.92 Å². The molecule has 0 aliphatic carbocycles. The van der Waals surface area contributed by atoms with E-state index in [4.69, 9.17) is 0 Å². The van der Waals surface area contributed by atoms with E-state index in [1.807, 2.05) is 24.9 Å². The molecule has 3 N–H and O–H groups in total. The first-order chi connectivity index (χ1) is 12.4. The summed E-state index contributed by atoms with van der Waals surface area (Å²) < 4.78 is 0. The molecule has 0 saturated heterocycles. The summed E-state index contributed by atoms with van der Waals surface area (Å²) in [6.07, 6.45) is 0. The van der Waals surface area contributed by atoms with E-state index >= 15 is 0 Å². The van der Waals surface area contributed by atoms with Gasteiger partial charge in [0.05, 0.1) is 29.2 Å². The van der Waals surface area contributed by atoms with Crippen LogP contribution in [0.5, 0.6) is 0 Å². The van der Waals surface area contributed by atoms with Crippen molar-refractivity contribution < 1.29 is 14.4 Å². The van der Waals surface area contributed by atoms with Crippen LogP contribution in [-0.2, 0) is 4.79 Å². The Labute approximate surface area is 151 Å². The van der Waals surface area contributed by atoms with Crippen molar-refractivity contribution in [1.29, 1.82) is 0 Å². The zero-order valence-corrected chi connectivity index (χ0v) is 14.8. The fraction of sp³-hybridized carbons (Fsp3) is 0.211. The number of carbonyl (C=O) groups excluding carboxylic acids is 3. The fourth-order valence-corrected chi connectivity index (χ4v) is 2.99. The molecular weight excluding hydrogens is 332 g/mol. The summed E-state index contributed by atoms with van der Waals surface area (Å²) in [5.41, 5.74) is 3.46. The monoisotopic (exact) mass is 352 g/mol. The minimum atomic E-state index is -0.356. The van der Waals surface area contributed by atoms with Crippen molar-refractivity contribution in [2.75, 3.05) is 36.2 Å². The molecule has 2 aromatic carbocycles. The number of carbonyl (C=O) groups is 3. The lowest BCUT2D eigenvalue weighted by Crippen LogP contribution is -2.35. The first-order valence-corrected chi connectivity index (χ1v) is 8.19. The van der Waals surface area contributed by atoms with Crippen molar-refractivity contribution in [1.82, 2.24) is 5.32 Å². The van der Waals surface area contributed by atoms with Crippen LogP contribution in [0.25, 0.3) is 0 Å². The summed E-state index contributed by atoms with van der Waals surface area (Å²) in [6.45, 7) is 2.09. The maximum absolute atomic E-state index is 12.7. The molecule has 7 heteroatoms. The van der Waals surface area contributed by atoms with Crippen molar-refractivity contribution in [2.24, 2.45) is 0 Å². The fourth-order valence-electron chi connectivity index (χ4n) is 2.99. The molecule has 1 aliphatic heterocycles. The van der Waals surface area contributed by atoms with Gasteiger partial charge in [-0.05, 0) is 36.8 Å². The summed E-state index contributed by atoms with van der Waals surface area (Å²) in [5.74, 6) is -0.748. The third kappa shape index (κ3) is 3.23. The molecule has 1 aliphatic rings. The molecule has 0 aromatic heterocycles. The Morgan fingerprint density at radius 2 is 1.92 bits per heavy atom. The van der Waals surface area contributed by atoms with Crippen LogP contribution in [0.1, 0.15) is 26.3 Å². The Bertz CT molecular complexity index is 908. The van der Waals surface area contributed by atoms with Gasteiger partial charge in [-0.2, -0.15) is 0 Å². The Morgan fingerprint density at radius 1 is 1.15 bits per heavy atom. The van der Waals surface area contributed by atoms with E-state index in [1.165, 1.54) is 0 Å². The molecule has 3 rings (SSSR count). The molecule has 3 amide bonds. The predicted octanol–water partition coefficient (Wildman–Crippen LogP) is 2.00. The van der Waals surface area contributed by atoms with E-state index in [1.54, 1.807) is 37.4 Å². The number of fused-ring (bicyclic) bond motifs is 1. The maximum atomic E-state index is 12.7. The standard InChI is InChI=1S/C19H20N4O3/c1-11-5-4-6-13(17(11)19(26)20-2)22-18(25)12-7-8-15-14(9-12)21-16(24)10-23(15)3/h4-9H,10H2,1-3H3,(H,20,26)(H,21,24)(H,22,25). The van der Waals surface area contributed by atoms with Crippen LogP contribution < -0.4 is 20.9 Å². The number of benzene rings is 2. The van der Waals surface area contributed by atoms with Crippen LogP contribution in [0.15, 0.2) is 36.4 Å². The van der Waals surface area contributed by atoms with Gasteiger partial charge in [-0.3, -0.25) is 14.4 Å². The van der Waals surface area contributed by atoms with Gasteiger partial charge < -0.3 is 20.9 Å². The summed E-state index contributed by atoms with van der Waals surface area (Å²) in [7, 11) is 3.36. The number of nitrogens with zero attached hydrogens (tertiary/aromatic N) is 1. The van der Waals surface area contributed by atoms with Crippen LogP contribution in [0, 0.1) is 6.92 Å². The van der Waals surface area contributed by atoms with Gasteiger partial charge in [0.1, 0.15) is 0 Å². The van der Waals surface area contributed by atoms with Gasteiger partial charge in [0.2, 0.25) is 5.91 Å². The van der Waals surface area contributed by atoms with Gasteiger partial charge in [-0.25, -0.2) is 0 Å². The lowest BCUT2D eigenvalue weighted by atomic mass is 10.0. The van der Waals surface area contributed by atoms with Gasteiger partial charge in [0, 0.05) is 19.7 Å². The smallest absolute Gasteiger partial charge is 0.255 e. The van der Waals surface area contributed by atoms with E-state index < -0.39 is 0 Å². The minimum absolute atomic E-state index is 0.127. The number of nitrogens with one attached hydrogen (secondary N) is 3. The molecule has 134 valence electrons. The topological polar surface area (TPSA) is 90.5 Å². The molecule has 0 radical (unpaired) electrons. The lowest BCUT2D eigenvalue weighted by Gasteiger charge is -2.27. The van der Waals surface area contributed by atoms with Gasteiger partial charge in [0.15, 0.2) is 0 Å². The van der Waals surface area contributed by atoms with Gasteiger partial charge in [-0.1, -0.05) is 12.1 Å². The van der Waals surface area contributed by atoms with Gasteiger partial charge in [0.25, 0.3) is 11.8 Å². The van der Waals surface area contributed by atoms with Gasteiger partial charge >= 0.3 is 0 Å². The number of amides is 3. The largest absolute Gasteiger partial charge is 0.364 e. The van der Waals surface area contributed by atoms with Crippen LogP contribution >= 0.6 is 0 Å². The third-order valence-electron chi connectivity index (χ3n) is 4.30. The first-order valence-electron chi connectivity index (χ1n) is 8.19. The molecule has 0 saturated carbocycles. The Balaban J connectivity index is 1.90. The zero-order chi connectivity index (χ0) is 18.8. The highest BCUT2D eigenvalue weighted by atomic mass is 16.2. The zero-order valence-electron chi connectivity index (χ0n) is 14.8. The average Bonchev–Trinajstić information content (AvgIpc) is 2.60. The highest BCUT2D eigenvalue weighted by molar-refractivity contribution is 6.11. The van der Waals surface area contributed by atoms with Crippen LogP contribution in [0.4, 0.5) is 17.1 Å². The normalized spacial score (nSPS) is 12.9.